The van der Waals surface area contributed by atoms with Gasteiger partial charge in [0.15, 0.2) is 0 Å². The maximum atomic E-state index is 13.0. The Morgan fingerprint density at radius 2 is 1.44 bits per heavy atom. The monoisotopic (exact) mass is 460 g/mol. The van der Waals surface area contributed by atoms with Gasteiger partial charge in [-0.05, 0) is 93.8 Å². The Labute approximate surface area is 201 Å². The van der Waals surface area contributed by atoms with E-state index in [-0.39, 0.29) is 17.8 Å². The molecule has 3 aromatic rings. The van der Waals surface area contributed by atoms with Gasteiger partial charge in [-0.15, -0.1) is 0 Å². The third-order valence-corrected chi connectivity index (χ3v) is 5.22. The molecule has 0 saturated carbocycles. The first-order chi connectivity index (χ1) is 16.5. The van der Waals surface area contributed by atoms with E-state index in [0.717, 1.165) is 30.8 Å². The number of pyridine rings is 1. The second-order valence-electron chi connectivity index (χ2n) is 8.18. The average Bonchev–Trinajstić information content (AvgIpc) is 2.84. The molecule has 2 aromatic carbocycles. The van der Waals surface area contributed by atoms with Crippen molar-refractivity contribution in [3.05, 3.63) is 84.1 Å². The van der Waals surface area contributed by atoms with Crippen molar-refractivity contribution in [1.29, 1.82) is 5.41 Å². The number of hydrogen-bond donors (Lipinski definition) is 2. The van der Waals surface area contributed by atoms with E-state index in [1.165, 1.54) is 0 Å². The first-order valence-corrected chi connectivity index (χ1v) is 11.5. The maximum Gasteiger partial charge on any atom is 0.259 e. The molecule has 7 nitrogen and oxygen atoms in total. The number of rotatable bonds is 12. The number of benzene rings is 2. The van der Waals surface area contributed by atoms with E-state index in [0.29, 0.717) is 30.2 Å². The smallest absolute Gasteiger partial charge is 0.259 e. The molecular weight excluding hydrogens is 428 g/mol. The first kappa shape index (κ1) is 24.8. The largest absolute Gasteiger partial charge is 0.494 e. The molecule has 0 radical (unpaired) electrons. The van der Waals surface area contributed by atoms with Crippen LogP contribution in [0.3, 0.4) is 0 Å². The molecule has 1 heterocycles. The Kier molecular flexibility index (Phi) is 9.03. The highest BCUT2D eigenvalue weighted by Gasteiger charge is 2.21. The van der Waals surface area contributed by atoms with Gasteiger partial charge in [0.2, 0.25) is 0 Å². The number of amides is 1. The van der Waals surface area contributed by atoms with Crippen LogP contribution in [0, 0.1) is 5.41 Å². The summed E-state index contributed by atoms with van der Waals surface area (Å²) in [6, 6.07) is 20.0. The molecule has 178 valence electrons. The molecule has 7 heteroatoms. The van der Waals surface area contributed by atoms with Crippen LogP contribution in [-0.4, -0.2) is 36.0 Å². The fourth-order valence-electron chi connectivity index (χ4n) is 3.42. The summed E-state index contributed by atoms with van der Waals surface area (Å²) in [6.07, 6.45) is 4.50. The molecule has 1 aromatic heterocycles. The fraction of sp³-hybridized carbons (Fsp3) is 0.296. The van der Waals surface area contributed by atoms with Gasteiger partial charge in [-0.1, -0.05) is 6.07 Å². The molecule has 3 N–H and O–H groups in total. The van der Waals surface area contributed by atoms with Crippen molar-refractivity contribution >= 4 is 17.6 Å². The number of carbonyl (C=O) groups is 1. The van der Waals surface area contributed by atoms with Crippen LogP contribution in [0.5, 0.6) is 11.5 Å². The highest BCUT2D eigenvalue weighted by atomic mass is 16.5. The Bertz CT molecular complexity index is 1050. The topological polar surface area (TPSA) is 102 Å². The number of nitrogen functional groups attached to an aromatic ring is 1. The van der Waals surface area contributed by atoms with Crippen LogP contribution in [0.4, 0.5) is 5.82 Å². The lowest BCUT2D eigenvalue weighted by molar-refractivity contribution is 0.0979. The summed E-state index contributed by atoms with van der Waals surface area (Å²) in [6.45, 7) is 5.17. The minimum Gasteiger partial charge on any atom is -0.494 e. The summed E-state index contributed by atoms with van der Waals surface area (Å²) in [5.41, 5.74) is 6.74. The van der Waals surface area contributed by atoms with E-state index < -0.39 is 0 Å². The Hall–Kier alpha value is -3.87. The summed E-state index contributed by atoms with van der Waals surface area (Å²) in [7, 11) is 0. The van der Waals surface area contributed by atoms with Crippen molar-refractivity contribution in [2.24, 2.45) is 5.73 Å². The second-order valence-corrected chi connectivity index (χ2v) is 8.18. The normalized spacial score (nSPS) is 10.7. The van der Waals surface area contributed by atoms with Crippen molar-refractivity contribution in [1.82, 2.24) is 4.98 Å². The van der Waals surface area contributed by atoms with Gasteiger partial charge in [0.1, 0.15) is 23.2 Å². The molecule has 0 aliphatic rings. The van der Waals surface area contributed by atoms with Crippen LogP contribution in [0.15, 0.2) is 72.9 Å². The zero-order valence-electron chi connectivity index (χ0n) is 19.7. The van der Waals surface area contributed by atoms with Crippen molar-refractivity contribution in [2.75, 3.05) is 18.1 Å². The van der Waals surface area contributed by atoms with E-state index in [1.807, 2.05) is 56.3 Å². The van der Waals surface area contributed by atoms with Gasteiger partial charge < -0.3 is 15.2 Å². The molecule has 0 spiro atoms. The lowest BCUT2D eigenvalue weighted by atomic mass is 10.1. The Morgan fingerprint density at radius 3 is 1.91 bits per heavy atom. The van der Waals surface area contributed by atoms with Crippen molar-refractivity contribution < 1.29 is 14.3 Å². The van der Waals surface area contributed by atoms with Gasteiger partial charge in [0, 0.05) is 23.4 Å². The van der Waals surface area contributed by atoms with Gasteiger partial charge in [-0.3, -0.25) is 15.1 Å². The van der Waals surface area contributed by atoms with Gasteiger partial charge in [-0.25, -0.2) is 4.98 Å². The van der Waals surface area contributed by atoms with Crippen molar-refractivity contribution in [2.45, 2.75) is 39.2 Å². The second kappa shape index (κ2) is 12.4. The predicted octanol–water partition coefficient (Wildman–Crippen LogP) is 5.05. The van der Waals surface area contributed by atoms with Crippen LogP contribution >= 0.6 is 0 Å². The van der Waals surface area contributed by atoms with Crippen LogP contribution in [0.25, 0.3) is 0 Å². The summed E-state index contributed by atoms with van der Waals surface area (Å²) < 4.78 is 11.5. The summed E-state index contributed by atoms with van der Waals surface area (Å²) >= 11 is 0. The van der Waals surface area contributed by atoms with Gasteiger partial charge in [-0.2, -0.15) is 0 Å². The average molecular weight is 461 g/mol. The van der Waals surface area contributed by atoms with Crippen LogP contribution in [0.2, 0.25) is 0 Å². The Morgan fingerprint density at radius 1 is 0.882 bits per heavy atom. The van der Waals surface area contributed by atoms with E-state index in [9.17, 15) is 4.79 Å². The minimum absolute atomic E-state index is 0.0118. The maximum absolute atomic E-state index is 13.0. The number of nitrogens with one attached hydrogen (secondary N) is 1. The molecule has 0 fully saturated rings. The molecule has 0 aliphatic carbocycles. The summed E-state index contributed by atoms with van der Waals surface area (Å²) in [5, 5.41) is 7.40. The number of hydrogen-bond acceptors (Lipinski definition) is 5. The molecule has 0 atom stereocenters. The fourth-order valence-corrected chi connectivity index (χ4v) is 3.42. The third kappa shape index (κ3) is 7.07. The zero-order chi connectivity index (χ0) is 24.3. The van der Waals surface area contributed by atoms with E-state index >= 15 is 0 Å². The minimum atomic E-state index is -0.0869. The number of unbranched alkanes of at least 4 members (excludes halogenated alkanes) is 2. The number of anilines is 1. The SMILES string of the molecule is CC(C)N(C(=O)c1ccc(OCCCCCOc2ccc(C(=N)N)cc2)cc1)c1ccccn1. The lowest BCUT2D eigenvalue weighted by Gasteiger charge is -2.25. The molecule has 0 bridgehead atoms. The lowest BCUT2D eigenvalue weighted by Crippen LogP contribution is -2.37. The standard InChI is InChI=1S/C27H32N4O3/c1-20(2)31(25-8-4-5-17-30-25)27(32)22-11-15-24(16-12-22)34-19-7-3-6-18-33-23-13-9-21(10-14-23)26(28)29/h4-5,8-17,20H,3,6-7,18-19H2,1-2H3,(H3,28,29). The van der Waals surface area contributed by atoms with Crippen LogP contribution in [-0.2, 0) is 0 Å². The van der Waals surface area contributed by atoms with E-state index in [2.05, 4.69) is 4.98 Å². The highest BCUT2D eigenvalue weighted by Crippen LogP contribution is 2.20. The Balaban J connectivity index is 1.38. The summed E-state index contributed by atoms with van der Waals surface area (Å²) in [5.74, 6) is 2.12. The van der Waals surface area contributed by atoms with Crippen LogP contribution < -0.4 is 20.1 Å². The van der Waals surface area contributed by atoms with E-state index in [1.54, 1.807) is 35.4 Å². The zero-order valence-corrected chi connectivity index (χ0v) is 19.7. The molecule has 34 heavy (non-hydrogen) atoms. The van der Waals surface area contributed by atoms with E-state index in [4.69, 9.17) is 20.6 Å². The van der Waals surface area contributed by atoms with Crippen LogP contribution in [0.1, 0.15) is 49.0 Å². The highest BCUT2D eigenvalue weighted by molar-refractivity contribution is 6.06. The number of carbonyl (C=O) groups excluding carboxylic acids is 1. The molecule has 0 unspecified atom stereocenters. The molecule has 1 amide bonds. The van der Waals surface area contributed by atoms with Crippen molar-refractivity contribution in [3.8, 4) is 11.5 Å². The molecule has 3 rings (SSSR count). The number of aromatic nitrogens is 1. The number of amidine groups is 1. The van der Waals surface area contributed by atoms with Gasteiger partial charge in [0.05, 0.1) is 13.2 Å². The van der Waals surface area contributed by atoms with Crippen molar-refractivity contribution in [3.63, 3.8) is 0 Å². The number of nitrogens with two attached hydrogens (primary N) is 1. The first-order valence-electron chi connectivity index (χ1n) is 11.5. The molecule has 0 aliphatic heterocycles. The quantitative estimate of drug-likeness (QED) is 0.224. The van der Waals surface area contributed by atoms with Gasteiger partial charge >= 0.3 is 0 Å². The third-order valence-electron chi connectivity index (χ3n) is 5.22. The predicted molar refractivity (Wildman–Crippen MR) is 135 cm³/mol. The number of nitrogens with zero attached hydrogens (tertiary/aromatic N) is 2. The number of ether oxygens (including phenoxy) is 2. The summed E-state index contributed by atoms with van der Waals surface area (Å²) in [4.78, 5) is 19.0. The molecular formula is C27H32N4O3. The molecule has 0 saturated heterocycles. The van der Waals surface area contributed by atoms with Gasteiger partial charge in [0.25, 0.3) is 5.91 Å².